The van der Waals surface area contributed by atoms with E-state index in [0.29, 0.717) is 6.04 Å². The number of nitrogens with one attached hydrogen (secondary N) is 1. The quantitative estimate of drug-likeness (QED) is 0.542. The molecule has 2 fully saturated rings. The van der Waals surface area contributed by atoms with E-state index in [1.807, 2.05) is 0 Å². The van der Waals surface area contributed by atoms with Crippen LogP contribution in [0.15, 0.2) is 0 Å². The van der Waals surface area contributed by atoms with Crippen LogP contribution in [0.25, 0.3) is 0 Å². The van der Waals surface area contributed by atoms with Gasteiger partial charge in [0.2, 0.25) is 0 Å². The summed E-state index contributed by atoms with van der Waals surface area (Å²) in [7, 11) is 0. The van der Waals surface area contributed by atoms with Crippen LogP contribution in [0.5, 0.6) is 0 Å². The Morgan fingerprint density at radius 3 is 2.21 bits per heavy atom. The first kappa shape index (κ1) is 15.3. The number of unbranched alkanes of at least 4 members (excludes halogenated alkanes) is 2. The summed E-state index contributed by atoms with van der Waals surface area (Å²) >= 11 is 0. The van der Waals surface area contributed by atoms with Gasteiger partial charge < -0.3 is 10.2 Å². The van der Waals surface area contributed by atoms with E-state index < -0.39 is 0 Å². The molecule has 112 valence electrons. The summed E-state index contributed by atoms with van der Waals surface area (Å²) in [4.78, 5) is 2.74. The third-order valence-corrected chi connectivity index (χ3v) is 4.59. The topological polar surface area (TPSA) is 15.3 Å². The van der Waals surface area contributed by atoms with Crippen LogP contribution in [0.1, 0.15) is 65.2 Å². The minimum atomic E-state index is 0.704. The average Bonchev–Trinajstić information content (AvgIpc) is 3.25. The highest BCUT2D eigenvalue weighted by atomic mass is 15.1. The molecule has 0 heterocycles. The SMILES string of the molecule is CCCCCC(C)NCCN(CC1CC1)CC1CC1. The van der Waals surface area contributed by atoms with E-state index in [9.17, 15) is 0 Å². The Morgan fingerprint density at radius 2 is 1.68 bits per heavy atom. The number of rotatable bonds is 12. The van der Waals surface area contributed by atoms with Gasteiger partial charge in [-0.15, -0.1) is 0 Å². The predicted octanol–water partition coefficient (Wildman–Crippen LogP) is 3.67. The molecule has 2 heteroatoms. The summed E-state index contributed by atoms with van der Waals surface area (Å²) in [5.41, 5.74) is 0. The van der Waals surface area contributed by atoms with Crippen LogP contribution in [0.4, 0.5) is 0 Å². The molecule has 0 saturated heterocycles. The first-order chi connectivity index (χ1) is 9.28. The van der Waals surface area contributed by atoms with Crippen LogP contribution >= 0.6 is 0 Å². The van der Waals surface area contributed by atoms with Crippen LogP contribution < -0.4 is 5.32 Å². The molecule has 0 aliphatic heterocycles. The summed E-state index contributed by atoms with van der Waals surface area (Å²) < 4.78 is 0. The van der Waals surface area contributed by atoms with Crippen molar-refractivity contribution >= 4 is 0 Å². The standard InChI is InChI=1S/C17H34N2/c1-3-4-5-6-15(2)18-11-12-19(13-16-7-8-16)14-17-9-10-17/h15-18H,3-14H2,1-2H3. The molecule has 2 rings (SSSR count). The Balaban J connectivity index is 1.52. The van der Waals surface area contributed by atoms with Crippen molar-refractivity contribution in [3.05, 3.63) is 0 Å². The Morgan fingerprint density at radius 1 is 1.05 bits per heavy atom. The van der Waals surface area contributed by atoms with E-state index in [0.717, 1.165) is 11.8 Å². The second-order valence-electron chi connectivity index (χ2n) is 7.00. The van der Waals surface area contributed by atoms with Gasteiger partial charge >= 0.3 is 0 Å². The average molecular weight is 266 g/mol. The molecule has 2 saturated carbocycles. The van der Waals surface area contributed by atoms with Crippen LogP contribution in [0.2, 0.25) is 0 Å². The van der Waals surface area contributed by atoms with Crippen molar-refractivity contribution in [2.75, 3.05) is 26.2 Å². The first-order valence-corrected chi connectivity index (χ1v) is 8.73. The highest BCUT2D eigenvalue weighted by Crippen LogP contribution is 2.33. The Kier molecular flexibility index (Phi) is 6.66. The second kappa shape index (κ2) is 8.26. The molecule has 2 aliphatic rings. The summed E-state index contributed by atoms with van der Waals surface area (Å²) in [6.45, 7) is 9.84. The first-order valence-electron chi connectivity index (χ1n) is 8.73. The number of hydrogen-bond acceptors (Lipinski definition) is 2. The van der Waals surface area contributed by atoms with Gasteiger partial charge in [0.1, 0.15) is 0 Å². The van der Waals surface area contributed by atoms with Crippen molar-refractivity contribution in [1.82, 2.24) is 10.2 Å². The summed E-state index contributed by atoms with van der Waals surface area (Å²) in [6, 6.07) is 0.704. The van der Waals surface area contributed by atoms with Gasteiger partial charge in [-0.2, -0.15) is 0 Å². The molecule has 2 nitrogen and oxygen atoms in total. The summed E-state index contributed by atoms with van der Waals surface area (Å²) in [5.74, 6) is 2.08. The van der Waals surface area contributed by atoms with Crippen molar-refractivity contribution in [1.29, 1.82) is 0 Å². The molecule has 0 amide bonds. The zero-order valence-electron chi connectivity index (χ0n) is 13.2. The predicted molar refractivity (Wildman–Crippen MR) is 83.5 cm³/mol. The van der Waals surface area contributed by atoms with Gasteiger partial charge in [-0.25, -0.2) is 0 Å². The van der Waals surface area contributed by atoms with E-state index in [1.165, 1.54) is 77.5 Å². The van der Waals surface area contributed by atoms with Gasteiger partial charge in [0.25, 0.3) is 0 Å². The van der Waals surface area contributed by atoms with Crippen LogP contribution in [0.3, 0.4) is 0 Å². The minimum absolute atomic E-state index is 0.704. The molecule has 0 spiro atoms. The van der Waals surface area contributed by atoms with Crippen LogP contribution in [-0.4, -0.2) is 37.1 Å². The Labute approximate surface area is 120 Å². The van der Waals surface area contributed by atoms with Gasteiger partial charge in [0.05, 0.1) is 0 Å². The lowest BCUT2D eigenvalue weighted by molar-refractivity contribution is 0.248. The van der Waals surface area contributed by atoms with Crippen LogP contribution in [-0.2, 0) is 0 Å². The fourth-order valence-corrected chi connectivity index (χ4v) is 2.86. The normalized spacial score (nSPS) is 21.0. The fourth-order valence-electron chi connectivity index (χ4n) is 2.86. The third-order valence-electron chi connectivity index (χ3n) is 4.59. The monoisotopic (exact) mass is 266 g/mol. The molecule has 0 aromatic heterocycles. The van der Waals surface area contributed by atoms with E-state index >= 15 is 0 Å². The molecule has 1 atom stereocenters. The minimum Gasteiger partial charge on any atom is -0.313 e. The lowest BCUT2D eigenvalue weighted by atomic mass is 10.1. The maximum Gasteiger partial charge on any atom is 0.0107 e. The highest BCUT2D eigenvalue weighted by Gasteiger charge is 2.28. The van der Waals surface area contributed by atoms with Crippen molar-refractivity contribution in [3.8, 4) is 0 Å². The van der Waals surface area contributed by atoms with Crippen molar-refractivity contribution < 1.29 is 0 Å². The maximum atomic E-state index is 3.72. The third kappa shape index (κ3) is 7.31. The lowest BCUT2D eigenvalue weighted by Crippen LogP contribution is -2.38. The largest absolute Gasteiger partial charge is 0.313 e. The van der Waals surface area contributed by atoms with E-state index in [2.05, 4.69) is 24.1 Å². The lowest BCUT2D eigenvalue weighted by Gasteiger charge is -2.23. The van der Waals surface area contributed by atoms with Gasteiger partial charge in [-0.1, -0.05) is 26.2 Å². The van der Waals surface area contributed by atoms with Crippen LogP contribution in [0, 0.1) is 11.8 Å². The number of nitrogens with zero attached hydrogens (tertiary/aromatic N) is 1. The zero-order valence-corrected chi connectivity index (χ0v) is 13.2. The van der Waals surface area contributed by atoms with E-state index in [4.69, 9.17) is 0 Å². The van der Waals surface area contributed by atoms with E-state index in [1.54, 1.807) is 0 Å². The second-order valence-corrected chi connectivity index (χ2v) is 7.00. The molecule has 0 aromatic carbocycles. The molecule has 1 unspecified atom stereocenters. The van der Waals surface area contributed by atoms with Crippen molar-refractivity contribution in [2.45, 2.75) is 71.3 Å². The summed E-state index contributed by atoms with van der Waals surface area (Å²) in [5, 5.41) is 3.72. The molecular weight excluding hydrogens is 232 g/mol. The number of hydrogen-bond donors (Lipinski definition) is 1. The fraction of sp³-hybridized carbons (Fsp3) is 1.00. The zero-order chi connectivity index (χ0) is 13.5. The highest BCUT2D eigenvalue weighted by molar-refractivity contribution is 4.82. The molecular formula is C17H34N2. The molecule has 1 N–H and O–H groups in total. The Bertz CT molecular complexity index is 219. The molecule has 2 aliphatic carbocycles. The molecule has 0 bridgehead atoms. The van der Waals surface area contributed by atoms with Gasteiger partial charge in [-0.05, 0) is 50.9 Å². The maximum absolute atomic E-state index is 3.72. The van der Waals surface area contributed by atoms with Gasteiger partial charge in [0, 0.05) is 32.2 Å². The van der Waals surface area contributed by atoms with Gasteiger partial charge in [-0.3, -0.25) is 0 Å². The molecule has 0 aromatic rings. The molecule has 19 heavy (non-hydrogen) atoms. The molecule has 0 radical (unpaired) electrons. The van der Waals surface area contributed by atoms with Gasteiger partial charge in [0.15, 0.2) is 0 Å². The Hall–Kier alpha value is -0.0800. The van der Waals surface area contributed by atoms with Crippen molar-refractivity contribution in [3.63, 3.8) is 0 Å². The van der Waals surface area contributed by atoms with E-state index in [-0.39, 0.29) is 0 Å². The summed E-state index contributed by atoms with van der Waals surface area (Å²) in [6.07, 6.45) is 11.4. The van der Waals surface area contributed by atoms with Crippen molar-refractivity contribution in [2.24, 2.45) is 11.8 Å². The smallest absolute Gasteiger partial charge is 0.0107 e.